The zero-order valence-corrected chi connectivity index (χ0v) is 36.3. The normalized spacial score (nSPS) is 22.1. The van der Waals surface area contributed by atoms with Gasteiger partial charge in [0.2, 0.25) is 0 Å². The molecule has 0 radical (unpaired) electrons. The van der Waals surface area contributed by atoms with Crippen molar-refractivity contribution in [3.63, 3.8) is 0 Å². The summed E-state index contributed by atoms with van der Waals surface area (Å²) in [5.41, 5.74) is 1.57. The van der Waals surface area contributed by atoms with Gasteiger partial charge in [0, 0.05) is 33.8 Å². The Morgan fingerprint density at radius 1 is 0.365 bits per heavy atom. The topological polar surface area (TPSA) is 166 Å². The first-order valence-corrected chi connectivity index (χ1v) is 22.4. The Hall–Kier alpha value is -6.30. The summed E-state index contributed by atoms with van der Waals surface area (Å²) >= 11 is 0. The second kappa shape index (κ2) is 20.7. The molecule has 12 nitrogen and oxygen atoms in total. The third-order valence-corrected chi connectivity index (χ3v) is 12.8. The zero-order chi connectivity index (χ0) is 44.5. The lowest BCUT2D eigenvalue weighted by Crippen LogP contribution is -2.25. The van der Waals surface area contributed by atoms with E-state index >= 15 is 0 Å². The van der Waals surface area contributed by atoms with Crippen molar-refractivity contribution in [2.45, 2.75) is 97.8 Å². The maximum atomic E-state index is 13.7. The number of benzene rings is 4. The van der Waals surface area contributed by atoms with Crippen LogP contribution in [0.2, 0.25) is 0 Å². The van der Waals surface area contributed by atoms with Crippen molar-refractivity contribution in [2.24, 2.45) is 35.5 Å². The third-order valence-electron chi connectivity index (χ3n) is 12.8. The van der Waals surface area contributed by atoms with Gasteiger partial charge < -0.3 is 30.2 Å². The summed E-state index contributed by atoms with van der Waals surface area (Å²) in [7, 11) is 0. The molecule has 0 aromatic heterocycles. The van der Waals surface area contributed by atoms with Gasteiger partial charge in [0.25, 0.3) is 17.7 Å². The highest BCUT2D eigenvalue weighted by molar-refractivity contribution is 6.10. The number of carbonyl (C=O) groups excluding carboxylic acids is 6. The van der Waals surface area contributed by atoms with Crippen LogP contribution in [-0.2, 0) is 14.4 Å². The number of nitrogens with one attached hydrogen (secondary N) is 3. The van der Waals surface area contributed by atoms with E-state index in [9.17, 15) is 28.8 Å². The lowest BCUT2D eigenvalue weighted by molar-refractivity contribution is -0.141. The minimum Gasteiger partial charge on any atom is -0.426 e. The summed E-state index contributed by atoms with van der Waals surface area (Å²) < 4.78 is 16.9. The van der Waals surface area contributed by atoms with Crippen molar-refractivity contribution in [2.75, 3.05) is 16.0 Å². The predicted molar refractivity (Wildman–Crippen MR) is 240 cm³/mol. The van der Waals surface area contributed by atoms with E-state index in [0.29, 0.717) is 40.7 Å². The van der Waals surface area contributed by atoms with E-state index in [0.717, 1.165) is 77.0 Å². The first-order valence-electron chi connectivity index (χ1n) is 22.4. The molecular formula is C51H57N3O9. The number of esters is 3. The Balaban J connectivity index is 1.03. The van der Waals surface area contributed by atoms with Crippen LogP contribution in [0.15, 0.2) is 91.0 Å². The number of ether oxygens (including phenoxy) is 3. The van der Waals surface area contributed by atoms with Crippen molar-refractivity contribution in [1.29, 1.82) is 0 Å². The summed E-state index contributed by atoms with van der Waals surface area (Å²) in [5.74, 6) is 0.176. The van der Waals surface area contributed by atoms with Crippen LogP contribution in [0.4, 0.5) is 17.1 Å². The standard InChI is InChI=1S/C51H57N3O9/c1-31-4-10-36(11-5-31)49(58)61-43-22-16-34(17-23-43)46(55)53-41-28-39(48(57)52-40-20-26-45(27-21-40)63-51(60)38-14-8-33(3)9-15-38)29-42(30-41)54-47(56)35-18-24-44(25-19-35)62-50(59)37-12-6-32(2)7-13-37/h16-33,36-38H,4-15H2,1-3H3,(H,52,57)(H,53,55)(H,54,56). The zero-order valence-electron chi connectivity index (χ0n) is 36.3. The van der Waals surface area contributed by atoms with Crippen LogP contribution in [0.25, 0.3) is 0 Å². The summed E-state index contributed by atoms with van der Waals surface area (Å²) in [6.45, 7) is 6.57. The van der Waals surface area contributed by atoms with Crippen LogP contribution < -0.4 is 30.2 Å². The maximum absolute atomic E-state index is 13.7. The van der Waals surface area contributed by atoms with Crippen molar-refractivity contribution in [1.82, 2.24) is 0 Å². The fourth-order valence-corrected chi connectivity index (χ4v) is 8.55. The van der Waals surface area contributed by atoms with Gasteiger partial charge in [0.05, 0.1) is 17.8 Å². The molecule has 330 valence electrons. The number of rotatable bonds is 12. The summed E-state index contributed by atoms with van der Waals surface area (Å²) in [6.07, 6.45) is 10.8. The molecule has 4 aromatic carbocycles. The molecule has 7 rings (SSSR count). The van der Waals surface area contributed by atoms with Gasteiger partial charge in [0.1, 0.15) is 17.2 Å². The highest BCUT2D eigenvalue weighted by atomic mass is 16.5. The maximum Gasteiger partial charge on any atom is 0.314 e. The molecule has 3 saturated carbocycles. The Labute approximate surface area is 368 Å². The summed E-state index contributed by atoms with van der Waals surface area (Å²) in [4.78, 5) is 79.1. The summed E-state index contributed by atoms with van der Waals surface area (Å²) in [6, 6.07) is 23.5. The number of anilines is 3. The number of hydrogen-bond donors (Lipinski definition) is 3. The Morgan fingerprint density at radius 3 is 0.984 bits per heavy atom. The average Bonchev–Trinajstić information content (AvgIpc) is 3.28. The van der Waals surface area contributed by atoms with Gasteiger partial charge in [-0.05, 0) is 186 Å². The quantitative estimate of drug-likeness (QED) is 0.0928. The Kier molecular flexibility index (Phi) is 14.7. The molecule has 0 atom stereocenters. The van der Waals surface area contributed by atoms with Gasteiger partial charge >= 0.3 is 17.9 Å². The van der Waals surface area contributed by atoms with E-state index in [1.807, 2.05) is 0 Å². The van der Waals surface area contributed by atoms with E-state index in [4.69, 9.17) is 14.2 Å². The lowest BCUT2D eigenvalue weighted by Gasteiger charge is -2.24. The van der Waals surface area contributed by atoms with E-state index in [2.05, 4.69) is 36.7 Å². The smallest absolute Gasteiger partial charge is 0.314 e. The molecule has 3 fully saturated rings. The Bertz CT molecular complexity index is 2150. The average molecular weight is 856 g/mol. The van der Waals surface area contributed by atoms with Gasteiger partial charge in [-0.15, -0.1) is 0 Å². The number of amides is 3. The van der Waals surface area contributed by atoms with Crippen LogP contribution in [0, 0.1) is 35.5 Å². The van der Waals surface area contributed by atoms with Crippen molar-refractivity contribution >= 4 is 52.7 Å². The molecular weight excluding hydrogens is 799 g/mol. The van der Waals surface area contributed by atoms with Gasteiger partial charge in [-0.3, -0.25) is 28.8 Å². The second-order valence-electron chi connectivity index (χ2n) is 17.9. The minimum absolute atomic E-state index is 0.124. The molecule has 0 aliphatic heterocycles. The summed E-state index contributed by atoms with van der Waals surface area (Å²) in [5, 5.41) is 8.48. The van der Waals surface area contributed by atoms with E-state index in [1.54, 1.807) is 72.8 Å². The Morgan fingerprint density at radius 2 is 0.651 bits per heavy atom. The number of hydrogen-bond acceptors (Lipinski definition) is 9. The molecule has 3 aliphatic rings. The highest BCUT2D eigenvalue weighted by Crippen LogP contribution is 2.33. The fourth-order valence-electron chi connectivity index (χ4n) is 8.55. The van der Waals surface area contributed by atoms with Crippen molar-refractivity contribution < 1.29 is 43.0 Å². The first-order chi connectivity index (χ1) is 30.3. The van der Waals surface area contributed by atoms with Crippen LogP contribution in [0.3, 0.4) is 0 Å². The monoisotopic (exact) mass is 855 g/mol. The van der Waals surface area contributed by atoms with Crippen molar-refractivity contribution in [3.8, 4) is 17.2 Å². The van der Waals surface area contributed by atoms with Gasteiger partial charge in [-0.1, -0.05) is 20.8 Å². The minimum atomic E-state index is -0.528. The van der Waals surface area contributed by atoms with Crippen molar-refractivity contribution in [3.05, 3.63) is 108 Å². The van der Waals surface area contributed by atoms with Crippen LogP contribution in [-0.4, -0.2) is 35.6 Å². The SMILES string of the molecule is CC1CCC(C(=O)Oc2ccc(NC(=O)c3cc(NC(=O)c4ccc(OC(=O)C5CCC(C)CC5)cc4)cc(NC(=O)c4ccc(OC(=O)C5CCC(C)CC5)cc4)c3)cc2)CC1. The molecule has 12 heteroatoms. The fraction of sp³-hybridized carbons (Fsp3) is 0.412. The largest absolute Gasteiger partial charge is 0.426 e. The predicted octanol–water partition coefficient (Wildman–Crippen LogP) is 10.6. The molecule has 0 heterocycles. The van der Waals surface area contributed by atoms with Crippen LogP contribution in [0.1, 0.15) is 129 Å². The van der Waals surface area contributed by atoms with E-state index in [-0.39, 0.29) is 63.7 Å². The van der Waals surface area contributed by atoms with Gasteiger partial charge in [-0.2, -0.15) is 0 Å². The van der Waals surface area contributed by atoms with Crippen LogP contribution >= 0.6 is 0 Å². The van der Waals surface area contributed by atoms with Crippen LogP contribution in [0.5, 0.6) is 17.2 Å². The molecule has 3 aliphatic carbocycles. The van der Waals surface area contributed by atoms with Gasteiger partial charge in [-0.25, -0.2) is 0 Å². The third kappa shape index (κ3) is 12.4. The molecule has 0 bridgehead atoms. The molecule has 3 N–H and O–H groups in total. The molecule has 63 heavy (non-hydrogen) atoms. The highest BCUT2D eigenvalue weighted by Gasteiger charge is 2.28. The van der Waals surface area contributed by atoms with Gasteiger partial charge in [0.15, 0.2) is 0 Å². The molecule has 0 unspecified atom stereocenters. The van der Waals surface area contributed by atoms with E-state index in [1.165, 1.54) is 18.2 Å². The van der Waals surface area contributed by atoms with E-state index < -0.39 is 17.7 Å². The molecule has 4 aromatic rings. The first kappa shape index (κ1) is 44.7. The second-order valence-corrected chi connectivity index (χ2v) is 17.9. The molecule has 3 amide bonds. The molecule has 0 spiro atoms. The number of carbonyl (C=O) groups is 6. The lowest BCUT2D eigenvalue weighted by atomic mass is 9.83. The molecule has 0 saturated heterocycles.